The SMILES string of the molecule is CC1(C)CC[C@H]([C@H](O)c2cncc(F)c2)C1. The molecule has 1 aliphatic carbocycles. The summed E-state index contributed by atoms with van der Waals surface area (Å²) in [6.45, 7) is 4.42. The minimum absolute atomic E-state index is 0.235. The zero-order valence-corrected chi connectivity index (χ0v) is 9.78. The largest absolute Gasteiger partial charge is 0.388 e. The molecular formula is C13H18FNO. The third-order valence-corrected chi connectivity index (χ3v) is 3.52. The summed E-state index contributed by atoms with van der Waals surface area (Å²) in [6, 6.07) is 1.38. The maximum atomic E-state index is 13.0. The molecule has 0 bridgehead atoms. The highest BCUT2D eigenvalue weighted by atomic mass is 19.1. The fraction of sp³-hybridized carbons (Fsp3) is 0.615. The average molecular weight is 223 g/mol. The standard InChI is InChI=1S/C13H18FNO/c1-13(2)4-3-9(6-13)12(16)10-5-11(14)8-15-7-10/h5,7-9,12,16H,3-4,6H2,1-2H3/t9-,12-/m0/s1. The molecule has 0 unspecified atom stereocenters. The Balaban J connectivity index is 2.11. The first-order valence-electron chi connectivity index (χ1n) is 5.76. The zero-order chi connectivity index (χ0) is 11.8. The van der Waals surface area contributed by atoms with Crippen LogP contribution in [0.15, 0.2) is 18.5 Å². The first-order chi connectivity index (χ1) is 7.48. The number of aromatic nitrogens is 1. The highest BCUT2D eigenvalue weighted by Crippen LogP contribution is 2.45. The van der Waals surface area contributed by atoms with Crippen molar-refractivity contribution in [2.75, 3.05) is 0 Å². The average Bonchev–Trinajstić information content (AvgIpc) is 2.58. The second-order valence-electron chi connectivity index (χ2n) is 5.55. The predicted molar refractivity (Wildman–Crippen MR) is 60.3 cm³/mol. The van der Waals surface area contributed by atoms with E-state index in [2.05, 4.69) is 18.8 Å². The maximum Gasteiger partial charge on any atom is 0.141 e. The van der Waals surface area contributed by atoms with E-state index in [1.165, 1.54) is 6.07 Å². The van der Waals surface area contributed by atoms with Gasteiger partial charge >= 0.3 is 0 Å². The summed E-state index contributed by atoms with van der Waals surface area (Å²) < 4.78 is 13.0. The molecule has 1 aromatic heterocycles. The molecule has 2 atom stereocenters. The van der Waals surface area contributed by atoms with Crippen molar-refractivity contribution in [3.05, 3.63) is 29.8 Å². The molecule has 1 aliphatic rings. The van der Waals surface area contributed by atoms with Gasteiger partial charge in [0.1, 0.15) is 5.82 Å². The summed E-state index contributed by atoms with van der Waals surface area (Å²) >= 11 is 0. The molecule has 16 heavy (non-hydrogen) atoms. The maximum absolute atomic E-state index is 13.0. The van der Waals surface area contributed by atoms with Gasteiger partial charge in [0.2, 0.25) is 0 Å². The number of aliphatic hydroxyl groups is 1. The van der Waals surface area contributed by atoms with Crippen molar-refractivity contribution < 1.29 is 9.50 Å². The Labute approximate surface area is 95.5 Å². The van der Waals surface area contributed by atoms with Crippen LogP contribution in [0.1, 0.15) is 44.8 Å². The van der Waals surface area contributed by atoms with E-state index < -0.39 is 6.10 Å². The molecule has 0 aliphatic heterocycles. The third kappa shape index (κ3) is 2.40. The van der Waals surface area contributed by atoms with E-state index in [4.69, 9.17) is 0 Å². The van der Waals surface area contributed by atoms with Crippen LogP contribution in [0.2, 0.25) is 0 Å². The molecule has 2 rings (SSSR count). The van der Waals surface area contributed by atoms with Crippen LogP contribution in [-0.4, -0.2) is 10.1 Å². The normalized spacial score (nSPS) is 25.6. The van der Waals surface area contributed by atoms with Crippen LogP contribution in [0.25, 0.3) is 0 Å². The van der Waals surface area contributed by atoms with Crippen LogP contribution in [0.4, 0.5) is 4.39 Å². The van der Waals surface area contributed by atoms with E-state index in [1.54, 1.807) is 6.20 Å². The van der Waals surface area contributed by atoms with Gasteiger partial charge in [0.15, 0.2) is 0 Å². The minimum Gasteiger partial charge on any atom is -0.388 e. The molecule has 0 aromatic carbocycles. The van der Waals surface area contributed by atoms with Crippen LogP contribution in [0.5, 0.6) is 0 Å². The van der Waals surface area contributed by atoms with E-state index in [0.29, 0.717) is 11.0 Å². The molecule has 0 amide bonds. The summed E-state index contributed by atoms with van der Waals surface area (Å²) in [7, 11) is 0. The molecule has 3 heteroatoms. The van der Waals surface area contributed by atoms with Crippen molar-refractivity contribution in [3.63, 3.8) is 0 Å². The Kier molecular flexibility index (Phi) is 2.98. The van der Waals surface area contributed by atoms with Crippen LogP contribution >= 0.6 is 0 Å². The number of hydrogen-bond acceptors (Lipinski definition) is 2. The van der Waals surface area contributed by atoms with E-state index in [9.17, 15) is 9.50 Å². The molecule has 1 heterocycles. The lowest BCUT2D eigenvalue weighted by Gasteiger charge is -2.21. The highest BCUT2D eigenvalue weighted by molar-refractivity contribution is 5.14. The van der Waals surface area contributed by atoms with Crippen LogP contribution < -0.4 is 0 Å². The fourth-order valence-electron chi connectivity index (χ4n) is 2.62. The van der Waals surface area contributed by atoms with Crippen molar-refractivity contribution >= 4 is 0 Å². The third-order valence-electron chi connectivity index (χ3n) is 3.52. The molecule has 0 spiro atoms. The Morgan fingerprint density at radius 1 is 1.50 bits per heavy atom. The summed E-state index contributed by atoms with van der Waals surface area (Å²) in [4.78, 5) is 3.78. The van der Waals surface area contributed by atoms with Crippen molar-refractivity contribution in [2.45, 2.75) is 39.2 Å². The van der Waals surface area contributed by atoms with Gasteiger partial charge in [0.25, 0.3) is 0 Å². The lowest BCUT2D eigenvalue weighted by molar-refractivity contribution is 0.104. The van der Waals surface area contributed by atoms with Crippen LogP contribution in [0, 0.1) is 17.2 Å². The monoisotopic (exact) mass is 223 g/mol. The lowest BCUT2D eigenvalue weighted by Crippen LogP contribution is -2.12. The van der Waals surface area contributed by atoms with Gasteiger partial charge in [-0.05, 0) is 36.7 Å². The van der Waals surface area contributed by atoms with Crippen molar-refractivity contribution in [1.29, 1.82) is 0 Å². The Morgan fingerprint density at radius 3 is 2.81 bits per heavy atom. The number of hydrogen-bond donors (Lipinski definition) is 1. The summed E-state index contributed by atoms with van der Waals surface area (Å²) in [5, 5.41) is 10.2. The molecule has 1 aromatic rings. The number of halogens is 1. The molecule has 1 fully saturated rings. The Morgan fingerprint density at radius 2 is 2.25 bits per heavy atom. The van der Waals surface area contributed by atoms with Gasteiger partial charge in [-0.3, -0.25) is 4.98 Å². The molecule has 2 nitrogen and oxygen atoms in total. The van der Waals surface area contributed by atoms with Crippen molar-refractivity contribution in [3.8, 4) is 0 Å². The topological polar surface area (TPSA) is 33.1 Å². The molecule has 1 saturated carbocycles. The predicted octanol–water partition coefficient (Wildman–Crippen LogP) is 3.08. The second kappa shape index (κ2) is 4.13. The van der Waals surface area contributed by atoms with Crippen LogP contribution in [-0.2, 0) is 0 Å². The summed E-state index contributed by atoms with van der Waals surface area (Å²) in [5.41, 5.74) is 0.898. The highest BCUT2D eigenvalue weighted by Gasteiger charge is 2.35. The lowest BCUT2D eigenvalue weighted by atomic mass is 9.88. The van der Waals surface area contributed by atoms with Gasteiger partial charge in [-0.15, -0.1) is 0 Å². The summed E-state index contributed by atoms with van der Waals surface area (Å²) in [5.74, 6) is -0.146. The van der Waals surface area contributed by atoms with Crippen molar-refractivity contribution in [2.24, 2.45) is 11.3 Å². The van der Waals surface area contributed by atoms with Gasteiger partial charge in [0.05, 0.1) is 12.3 Å². The number of pyridine rings is 1. The quantitative estimate of drug-likeness (QED) is 0.835. The molecule has 0 saturated heterocycles. The smallest absolute Gasteiger partial charge is 0.141 e. The number of nitrogens with zero attached hydrogens (tertiary/aromatic N) is 1. The second-order valence-corrected chi connectivity index (χ2v) is 5.55. The molecule has 1 N–H and O–H groups in total. The minimum atomic E-state index is -0.579. The number of rotatable bonds is 2. The van der Waals surface area contributed by atoms with E-state index in [0.717, 1.165) is 25.5 Å². The Hall–Kier alpha value is -0.960. The number of aliphatic hydroxyl groups excluding tert-OH is 1. The first-order valence-corrected chi connectivity index (χ1v) is 5.76. The first kappa shape index (κ1) is 11.5. The van der Waals surface area contributed by atoms with Gasteiger partial charge in [0, 0.05) is 11.8 Å². The zero-order valence-electron chi connectivity index (χ0n) is 9.78. The van der Waals surface area contributed by atoms with Crippen molar-refractivity contribution in [1.82, 2.24) is 4.98 Å². The van der Waals surface area contributed by atoms with E-state index >= 15 is 0 Å². The molecule has 0 radical (unpaired) electrons. The fourth-order valence-corrected chi connectivity index (χ4v) is 2.62. The van der Waals surface area contributed by atoms with Gasteiger partial charge in [-0.1, -0.05) is 13.8 Å². The molecule has 88 valence electrons. The van der Waals surface area contributed by atoms with Crippen LogP contribution in [0.3, 0.4) is 0 Å². The van der Waals surface area contributed by atoms with E-state index in [-0.39, 0.29) is 11.7 Å². The van der Waals surface area contributed by atoms with Gasteiger partial charge < -0.3 is 5.11 Å². The summed E-state index contributed by atoms with van der Waals surface area (Å²) in [6.07, 6.45) is 5.26. The van der Waals surface area contributed by atoms with Gasteiger partial charge in [-0.2, -0.15) is 0 Å². The van der Waals surface area contributed by atoms with E-state index in [1.807, 2.05) is 0 Å². The van der Waals surface area contributed by atoms with Gasteiger partial charge in [-0.25, -0.2) is 4.39 Å². The molecular weight excluding hydrogens is 205 g/mol. The Bertz CT molecular complexity index is 378.